The summed E-state index contributed by atoms with van der Waals surface area (Å²) in [6.45, 7) is 3.73. The number of rotatable bonds is 3. The van der Waals surface area contributed by atoms with Gasteiger partial charge in [-0.25, -0.2) is 13.8 Å². The van der Waals surface area contributed by atoms with Crippen molar-refractivity contribution in [2.24, 2.45) is 0 Å². The molecule has 2 aromatic rings. The highest BCUT2D eigenvalue weighted by molar-refractivity contribution is 5.92. The number of carbonyl (C=O) groups is 1. The number of nitrogens with one attached hydrogen (secondary N) is 2. The van der Waals surface area contributed by atoms with Gasteiger partial charge in [-0.1, -0.05) is 0 Å². The van der Waals surface area contributed by atoms with Gasteiger partial charge in [-0.2, -0.15) is 0 Å². The molecule has 23 heavy (non-hydrogen) atoms. The lowest BCUT2D eigenvalue weighted by Crippen LogP contribution is -2.29. The topological polar surface area (TPSA) is 66.9 Å². The molecule has 1 aliphatic rings. The number of fused-ring (bicyclic) bond motifs is 1. The molecule has 0 unspecified atom stereocenters. The number of amides is 1. The van der Waals surface area contributed by atoms with Crippen LogP contribution < -0.4 is 10.6 Å². The Kier molecular flexibility index (Phi) is 4.29. The molecule has 0 saturated carbocycles. The molecule has 1 amide bonds. The summed E-state index contributed by atoms with van der Waals surface area (Å²) in [6.07, 6.45) is 3.51. The Bertz CT molecular complexity index is 764. The van der Waals surface area contributed by atoms with Gasteiger partial charge in [0.05, 0.1) is 6.20 Å². The average molecular weight is 318 g/mol. The van der Waals surface area contributed by atoms with E-state index in [4.69, 9.17) is 0 Å². The molecule has 1 aliphatic heterocycles. The minimum atomic E-state index is -0.975. The molecule has 0 spiro atoms. The summed E-state index contributed by atoms with van der Waals surface area (Å²) in [5.41, 5.74) is 3.64. The summed E-state index contributed by atoms with van der Waals surface area (Å²) in [4.78, 5) is 19.9. The van der Waals surface area contributed by atoms with Crippen LogP contribution in [0.4, 0.5) is 8.78 Å². The van der Waals surface area contributed by atoms with Crippen molar-refractivity contribution >= 4 is 5.91 Å². The number of hydrogen-bond acceptors (Lipinski definition) is 4. The van der Waals surface area contributed by atoms with Crippen LogP contribution >= 0.6 is 0 Å². The minimum Gasteiger partial charge on any atom is -0.346 e. The molecule has 0 atom stereocenters. The molecular weight excluding hydrogens is 302 g/mol. The third-order valence-corrected chi connectivity index (χ3v) is 3.92. The molecule has 2 aromatic heterocycles. The van der Waals surface area contributed by atoms with Gasteiger partial charge in [0.2, 0.25) is 0 Å². The van der Waals surface area contributed by atoms with Gasteiger partial charge in [0.1, 0.15) is 5.82 Å². The van der Waals surface area contributed by atoms with Gasteiger partial charge in [-0.15, -0.1) is 0 Å². The molecule has 0 bridgehead atoms. The van der Waals surface area contributed by atoms with E-state index in [9.17, 15) is 13.6 Å². The highest BCUT2D eigenvalue weighted by atomic mass is 19.1. The van der Waals surface area contributed by atoms with Crippen molar-refractivity contribution < 1.29 is 13.6 Å². The Hall–Kier alpha value is -2.41. The van der Waals surface area contributed by atoms with Gasteiger partial charge < -0.3 is 10.6 Å². The van der Waals surface area contributed by atoms with Crippen molar-refractivity contribution in [1.29, 1.82) is 0 Å². The van der Waals surface area contributed by atoms with Crippen molar-refractivity contribution in [2.75, 3.05) is 6.54 Å². The smallest absolute Gasteiger partial charge is 0.273 e. The lowest BCUT2D eigenvalue weighted by atomic mass is 9.96. The highest BCUT2D eigenvalue weighted by Gasteiger charge is 2.18. The Morgan fingerprint density at radius 1 is 1.35 bits per heavy atom. The van der Waals surface area contributed by atoms with Crippen LogP contribution in [0.1, 0.15) is 32.9 Å². The van der Waals surface area contributed by atoms with Crippen LogP contribution in [0.2, 0.25) is 0 Å². The monoisotopic (exact) mass is 318 g/mol. The Morgan fingerprint density at radius 3 is 2.96 bits per heavy atom. The maximum atomic E-state index is 13.6. The summed E-state index contributed by atoms with van der Waals surface area (Å²) in [5.74, 6) is -2.46. The van der Waals surface area contributed by atoms with Crippen LogP contribution in [-0.4, -0.2) is 22.4 Å². The Morgan fingerprint density at radius 2 is 2.17 bits per heavy atom. The lowest BCUT2D eigenvalue weighted by molar-refractivity contribution is 0.0941. The first-order chi connectivity index (χ1) is 11.1. The molecule has 0 aliphatic carbocycles. The largest absolute Gasteiger partial charge is 0.346 e. The highest BCUT2D eigenvalue weighted by Crippen LogP contribution is 2.20. The second-order valence-corrected chi connectivity index (χ2v) is 5.42. The normalized spacial score (nSPS) is 13.5. The molecular formula is C16H16F2N4O. The zero-order valence-electron chi connectivity index (χ0n) is 12.6. The quantitative estimate of drug-likeness (QED) is 0.903. The number of hydrogen-bond donors (Lipinski definition) is 2. The molecule has 0 saturated heterocycles. The van der Waals surface area contributed by atoms with E-state index in [1.807, 2.05) is 13.1 Å². The van der Waals surface area contributed by atoms with Gasteiger partial charge >= 0.3 is 0 Å². The molecule has 7 heteroatoms. The number of nitrogens with zero attached hydrogens (tertiary/aromatic N) is 2. The predicted molar refractivity (Wildman–Crippen MR) is 79.7 cm³/mol. The molecule has 2 N–H and O–H groups in total. The van der Waals surface area contributed by atoms with Crippen molar-refractivity contribution in [1.82, 2.24) is 20.6 Å². The summed E-state index contributed by atoms with van der Waals surface area (Å²) in [7, 11) is 0. The lowest BCUT2D eigenvalue weighted by Gasteiger charge is -2.21. The summed E-state index contributed by atoms with van der Waals surface area (Å²) in [5, 5.41) is 5.91. The number of pyridine rings is 2. The molecule has 5 nitrogen and oxygen atoms in total. The molecule has 3 heterocycles. The van der Waals surface area contributed by atoms with Crippen molar-refractivity contribution in [3.05, 3.63) is 58.2 Å². The minimum absolute atomic E-state index is 0.235. The van der Waals surface area contributed by atoms with E-state index in [0.717, 1.165) is 42.5 Å². The van der Waals surface area contributed by atoms with E-state index in [1.165, 1.54) is 5.56 Å². The van der Waals surface area contributed by atoms with E-state index < -0.39 is 23.2 Å². The fourth-order valence-electron chi connectivity index (χ4n) is 2.71. The van der Waals surface area contributed by atoms with Crippen LogP contribution in [0.3, 0.4) is 0 Å². The summed E-state index contributed by atoms with van der Waals surface area (Å²) in [6, 6.07) is 0.644. The van der Waals surface area contributed by atoms with Gasteiger partial charge in [0, 0.05) is 31.0 Å². The fraction of sp³-hybridized carbons (Fsp3) is 0.312. The van der Waals surface area contributed by atoms with Gasteiger partial charge in [0.25, 0.3) is 5.91 Å². The van der Waals surface area contributed by atoms with E-state index in [2.05, 4.69) is 20.6 Å². The number of carbonyl (C=O) groups excluding carboxylic acids is 1. The number of halogens is 2. The number of aromatic nitrogens is 2. The zero-order valence-corrected chi connectivity index (χ0v) is 12.6. The van der Waals surface area contributed by atoms with Gasteiger partial charge in [-0.05, 0) is 36.6 Å². The van der Waals surface area contributed by atoms with Crippen LogP contribution in [0.25, 0.3) is 0 Å². The molecule has 0 aromatic carbocycles. The molecule has 0 radical (unpaired) electrons. The van der Waals surface area contributed by atoms with Gasteiger partial charge in [0.15, 0.2) is 11.5 Å². The first-order valence-electron chi connectivity index (χ1n) is 7.32. The third kappa shape index (κ3) is 3.19. The number of aryl methyl sites for hydroxylation is 1. The van der Waals surface area contributed by atoms with E-state index in [1.54, 1.807) is 0 Å². The van der Waals surface area contributed by atoms with E-state index >= 15 is 0 Å². The van der Waals surface area contributed by atoms with E-state index in [-0.39, 0.29) is 6.54 Å². The predicted octanol–water partition coefficient (Wildman–Crippen LogP) is 1.64. The molecule has 3 rings (SSSR count). The van der Waals surface area contributed by atoms with Crippen LogP contribution in [-0.2, 0) is 19.5 Å². The zero-order chi connectivity index (χ0) is 16.4. The van der Waals surface area contributed by atoms with Crippen molar-refractivity contribution in [3.8, 4) is 0 Å². The summed E-state index contributed by atoms with van der Waals surface area (Å²) >= 11 is 0. The Labute approximate surface area is 132 Å². The van der Waals surface area contributed by atoms with Crippen molar-refractivity contribution in [3.63, 3.8) is 0 Å². The maximum absolute atomic E-state index is 13.6. The summed E-state index contributed by atoms with van der Waals surface area (Å²) < 4.78 is 26.5. The first kappa shape index (κ1) is 15.5. The second-order valence-electron chi connectivity index (χ2n) is 5.42. The maximum Gasteiger partial charge on any atom is 0.273 e. The van der Waals surface area contributed by atoms with Crippen LogP contribution in [0, 0.1) is 18.6 Å². The van der Waals surface area contributed by atoms with Gasteiger partial charge in [-0.3, -0.25) is 9.78 Å². The second kappa shape index (κ2) is 6.37. The van der Waals surface area contributed by atoms with Crippen LogP contribution in [0.5, 0.6) is 0 Å². The first-order valence-corrected chi connectivity index (χ1v) is 7.32. The van der Waals surface area contributed by atoms with Crippen molar-refractivity contribution in [2.45, 2.75) is 26.4 Å². The molecule has 120 valence electrons. The SMILES string of the molecule is Cc1ncc2c(c1CNC(=O)c1ncc(F)cc1F)CCNC2. The van der Waals surface area contributed by atoms with Crippen LogP contribution in [0.15, 0.2) is 18.5 Å². The standard InChI is InChI=1S/C16H16F2N4O/c1-9-13(12-2-3-19-5-10(12)6-20-9)8-22-16(23)15-14(18)4-11(17)7-21-15/h4,6-7,19H,2-3,5,8H2,1H3,(H,22,23). The third-order valence-electron chi connectivity index (χ3n) is 3.92. The van der Waals surface area contributed by atoms with E-state index in [0.29, 0.717) is 6.07 Å². The molecule has 0 fully saturated rings. The fourth-order valence-corrected chi connectivity index (χ4v) is 2.71. The Balaban J connectivity index is 1.79. The average Bonchev–Trinajstić information content (AvgIpc) is 2.53.